The lowest BCUT2D eigenvalue weighted by molar-refractivity contribution is 0.0469. The number of carbonyl (C=O) groups excluding carboxylic acids is 2. The molecule has 0 bridgehead atoms. The molecule has 0 atom stereocenters. The van der Waals surface area contributed by atoms with E-state index in [1.807, 2.05) is 91.0 Å². The van der Waals surface area contributed by atoms with Gasteiger partial charge in [-0.25, -0.2) is 14.4 Å². The molecule has 4 N–H and O–H groups in total. The van der Waals surface area contributed by atoms with Crippen LogP contribution in [0.3, 0.4) is 0 Å². The van der Waals surface area contributed by atoms with E-state index in [0.717, 1.165) is 16.7 Å². The Morgan fingerprint density at radius 1 is 0.549 bits per heavy atom. The van der Waals surface area contributed by atoms with E-state index in [2.05, 4.69) is 0 Å². The fourth-order valence-corrected chi connectivity index (χ4v) is 4.18. The molecule has 0 aliphatic rings. The number of carboxylic acids is 2. The molecule has 0 unspecified atom stereocenters. The average molecular weight is 713 g/mol. The Morgan fingerprint density at radius 2 is 0.902 bits per heavy atom. The number of aryl methyl sites for hydroxylation is 1. The van der Waals surface area contributed by atoms with Gasteiger partial charge in [-0.2, -0.15) is 0 Å². The maximum atomic E-state index is 12.6. The van der Waals surface area contributed by atoms with Crippen LogP contribution in [0.4, 0.5) is 0 Å². The fraction of sp³-hybridized carbons (Fsp3) is 0.150. The first-order chi connectivity index (χ1) is 24.3. The first-order valence-electron chi connectivity index (χ1n) is 15.7. The number of carboxylic acid groups (broad SMARTS) is 2. The molecule has 5 rings (SSSR count). The number of ketones is 1. The zero-order valence-electron chi connectivity index (χ0n) is 28.3. The molecular weight excluding hydrogens is 671 g/mol. The van der Waals surface area contributed by atoms with Gasteiger partial charge in [-0.05, 0) is 41.3 Å². The summed E-state index contributed by atoms with van der Waals surface area (Å²) >= 11 is 0. The van der Waals surface area contributed by atoms with Crippen LogP contribution in [-0.2, 0) is 28.9 Å². The van der Waals surface area contributed by atoms with Gasteiger partial charge >= 0.3 is 17.9 Å². The summed E-state index contributed by atoms with van der Waals surface area (Å²) in [5.41, 5.74) is 3.34. The lowest BCUT2D eigenvalue weighted by Gasteiger charge is -2.09. The van der Waals surface area contributed by atoms with Gasteiger partial charge in [0.05, 0.1) is 23.3 Å². The zero-order valence-corrected chi connectivity index (χ0v) is 29.2. The highest BCUT2D eigenvalue weighted by molar-refractivity contribution is 7.56. The summed E-state index contributed by atoms with van der Waals surface area (Å²) in [5.74, 6) is -2.99. The predicted octanol–water partition coefficient (Wildman–Crippen LogP) is 7.64. The minimum atomic E-state index is -2.64. The number of aromatic carboxylic acids is 2. The maximum absolute atomic E-state index is 12.6. The lowest BCUT2D eigenvalue weighted by atomic mass is 9.98. The van der Waals surface area contributed by atoms with Crippen molar-refractivity contribution in [2.75, 3.05) is 13.3 Å². The van der Waals surface area contributed by atoms with Crippen LogP contribution in [0.25, 0.3) is 0 Å². The van der Waals surface area contributed by atoms with E-state index in [9.17, 15) is 23.7 Å². The number of ether oxygens (including phenoxy) is 1. The van der Waals surface area contributed by atoms with Gasteiger partial charge in [0.25, 0.3) is 0 Å². The Kier molecular flexibility index (Phi) is 18.0. The quantitative estimate of drug-likeness (QED) is 0.0640. The van der Waals surface area contributed by atoms with E-state index in [-0.39, 0.29) is 30.1 Å². The number of benzene rings is 5. The topological polar surface area (TPSA) is 176 Å². The van der Waals surface area contributed by atoms with Gasteiger partial charge in [0.1, 0.15) is 6.61 Å². The monoisotopic (exact) mass is 712 g/mol. The second-order valence-corrected chi connectivity index (χ2v) is 13.7. The second kappa shape index (κ2) is 22.1. The standard InChI is InChI=1S/C23H20O3.C8H6O4.C7H8O.C2H7O2P/c24-22(16-15-18-9-3-1-4-10-18)20-13-7-8-14-21(20)23(25)26-17-19-11-5-2-6-12-19;9-7(10)5-3-1-2-4-6(5)8(11)12;8-6-7-4-2-1-3-5-7;1-5(2,3)4/h1-14H,15-17H2;1-4H,(H,9,10)(H,11,12);1-5,8H,6H2;1-2H3,(H,3,4). The zero-order chi connectivity index (χ0) is 37.6. The largest absolute Gasteiger partial charge is 0.478 e. The van der Waals surface area contributed by atoms with E-state index < -0.39 is 25.3 Å². The van der Waals surface area contributed by atoms with Crippen LogP contribution < -0.4 is 0 Å². The number of hydrogen-bond donors (Lipinski definition) is 4. The number of aliphatic hydroxyl groups is 1. The van der Waals surface area contributed by atoms with Gasteiger partial charge in [-0.3, -0.25) is 9.36 Å². The number of hydrogen-bond acceptors (Lipinski definition) is 7. The Morgan fingerprint density at radius 3 is 1.29 bits per heavy atom. The molecule has 0 amide bonds. The average Bonchev–Trinajstić information content (AvgIpc) is 3.14. The minimum Gasteiger partial charge on any atom is -0.478 e. The van der Waals surface area contributed by atoms with Crippen LogP contribution >= 0.6 is 7.37 Å². The first-order valence-corrected chi connectivity index (χ1v) is 18.2. The van der Waals surface area contributed by atoms with Crippen molar-refractivity contribution < 1.29 is 48.7 Å². The molecule has 0 aliphatic heterocycles. The van der Waals surface area contributed by atoms with Crippen LogP contribution in [0.2, 0.25) is 0 Å². The number of carbonyl (C=O) groups is 4. The lowest BCUT2D eigenvalue weighted by Crippen LogP contribution is -2.12. The molecule has 11 heteroatoms. The Bertz CT molecular complexity index is 1760. The summed E-state index contributed by atoms with van der Waals surface area (Å²) in [6, 6.07) is 41.2. The van der Waals surface area contributed by atoms with E-state index in [0.29, 0.717) is 24.0 Å². The SMILES string of the molecule is CP(C)(=O)O.O=C(CCc1ccccc1)c1ccccc1C(=O)OCc1ccccc1.O=C(O)c1ccccc1C(=O)O.OCc1ccccc1. The van der Waals surface area contributed by atoms with Crippen LogP contribution in [-0.4, -0.2) is 57.2 Å². The fourth-order valence-electron chi connectivity index (χ4n) is 4.18. The molecule has 0 saturated heterocycles. The highest BCUT2D eigenvalue weighted by atomic mass is 31.2. The van der Waals surface area contributed by atoms with Gasteiger partial charge in [0, 0.05) is 25.3 Å². The van der Waals surface area contributed by atoms with Crippen molar-refractivity contribution in [3.8, 4) is 0 Å². The normalized spacial score (nSPS) is 10.0. The third-order valence-corrected chi connectivity index (χ3v) is 6.56. The van der Waals surface area contributed by atoms with Crippen LogP contribution in [0.5, 0.6) is 0 Å². The highest BCUT2D eigenvalue weighted by Gasteiger charge is 2.18. The van der Waals surface area contributed by atoms with Crippen molar-refractivity contribution in [3.63, 3.8) is 0 Å². The van der Waals surface area contributed by atoms with E-state index in [4.69, 9.17) is 24.9 Å². The van der Waals surface area contributed by atoms with Crippen molar-refractivity contribution >= 4 is 31.1 Å². The van der Waals surface area contributed by atoms with Crippen LogP contribution in [0.15, 0.2) is 140 Å². The molecule has 266 valence electrons. The maximum Gasteiger partial charge on any atom is 0.339 e. The highest BCUT2D eigenvalue weighted by Crippen LogP contribution is 2.27. The summed E-state index contributed by atoms with van der Waals surface area (Å²) in [6.45, 7) is 2.92. The molecule has 0 fully saturated rings. The van der Waals surface area contributed by atoms with Gasteiger partial charge in [0.15, 0.2) is 13.2 Å². The summed E-state index contributed by atoms with van der Waals surface area (Å²) in [4.78, 5) is 54.1. The smallest absolute Gasteiger partial charge is 0.339 e. The van der Waals surface area contributed by atoms with Crippen molar-refractivity contribution in [1.29, 1.82) is 0 Å². The van der Waals surface area contributed by atoms with Crippen molar-refractivity contribution in [1.82, 2.24) is 0 Å². The van der Waals surface area contributed by atoms with Gasteiger partial charge in [-0.1, -0.05) is 121 Å². The molecular formula is C40H41O10P. The van der Waals surface area contributed by atoms with E-state index >= 15 is 0 Å². The van der Waals surface area contributed by atoms with Crippen molar-refractivity contribution in [2.45, 2.75) is 26.1 Å². The molecule has 0 aromatic heterocycles. The van der Waals surface area contributed by atoms with Crippen LogP contribution in [0.1, 0.15) is 64.5 Å². The van der Waals surface area contributed by atoms with Crippen molar-refractivity contribution in [2.24, 2.45) is 0 Å². The molecule has 0 radical (unpaired) electrons. The summed E-state index contributed by atoms with van der Waals surface area (Å²) in [6.07, 6.45) is 1.00. The minimum absolute atomic E-state index is 0.0545. The molecule has 51 heavy (non-hydrogen) atoms. The molecule has 0 saturated carbocycles. The number of rotatable bonds is 10. The molecule has 10 nitrogen and oxygen atoms in total. The molecule has 0 aliphatic carbocycles. The summed E-state index contributed by atoms with van der Waals surface area (Å²) < 4.78 is 15.1. The van der Waals surface area contributed by atoms with Gasteiger partial charge < -0.3 is 24.9 Å². The number of Topliss-reactive ketones (excluding diaryl/α,β-unsaturated/α-hetero) is 1. The number of esters is 1. The van der Waals surface area contributed by atoms with Gasteiger partial charge in [-0.15, -0.1) is 0 Å². The first kappa shape index (κ1) is 41.5. The number of aliphatic hydroxyl groups excluding tert-OH is 1. The third-order valence-electron chi connectivity index (χ3n) is 6.56. The third kappa shape index (κ3) is 17.0. The van der Waals surface area contributed by atoms with Crippen molar-refractivity contribution in [3.05, 3.63) is 178 Å². The van der Waals surface area contributed by atoms with Gasteiger partial charge in [0.2, 0.25) is 0 Å². The summed E-state index contributed by atoms with van der Waals surface area (Å²) in [7, 11) is -2.64. The van der Waals surface area contributed by atoms with E-state index in [1.54, 1.807) is 24.3 Å². The second-order valence-electron chi connectivity index (χ2n) is 11.1. The predicted molar refractivity (Wildman–Crippen MR) is 195 cm³/mol. The summed E-state index contributed by atoms with van der Waals surface area (Å²) in [5, 5.41) is 25.6. The molecule has 5 aromatic rings. The Balaban J connectivity index is 0.000000295. The molecule has 5 aromatic carbocycles. The van der Waals surface area contributed by atoms with E-state index in [1.165, 1.54) is 37.6 Å². The molecule has 0 heterocycles. The Hall–Kier alpha value is -5.67. The Labute approximate surface area is 297 Å². The van der Waals surface area contributed by atoms with Crippen LogP contribution in [0, 0.1) is 0 Å². The molecule has 0 spiro atoms.